The molecule has 2 aromatic rings. The standard InChI is InChI=1S/C18H24N2O3/c1-12-9-20(10-15(12)19(2)3)18(21)17-14(11-22-4)13-7-5-6-8-16(13)23-17/h5-8,12,15H,9-11H2,1-4H3/t12-,15+/m0/s1. The molecule has 124 valence electrons. The SMILES string of the molecule is COCc1c(C(=O)N2C[C@@H](N(C)C)[C@@H](C)C2)oc2ccccc12. The summed E-state index contributed by atoms with van der Waals surface area (Å²) in [4.78, 5) is 17.1. The average Bonchev–Trinajstić information content (AvgIpc) is 3.09. The molecule has 1 saturated heterocycles. The van der Waals surface area contributed by atoms with Crippen LogP contribution in [0.25, 0.3) is 11.0 Å². The zero-order chi connectivity index (χ0) is 16.6. The molecule has 0 spiro atoms. The number of amides is 1. The van der Waals surface area contributed by atoms with Crippen LogP contribution in [0.5, 0.6) is 0 Å². The molecule has 0 aliphatic carbocycles. The molecule has 0 unspecified atom stereocenters. The summed E-state index contributed by atoms with van der Waals surface area (Å²) in [6.07, 6.45) is 0. The van der Waals surface area contributed by atoms with E-state index in [1.807, 2.05) is 29.2 Å². The Balaban J connectivity index is 1.94. The van der Waals surface area contributed by atoms with Crippen LogP contribution in [0.1, 0.15) is 23.0 Å². The van der Waals surface area contributed by atoms with Gasteiger partial charge in [-0.15, -0.1) is 0 Å². The number of likely N-dealkylation sites (N-methyl/N-ethyl adjacent to an activating group) is 1. The van der Waals surface area contributed by atoms with Gasteiger partial charge >= 0.3 is 0 Å². The van der Waals surface area contributed by atoms with Gasteiger partial charge < -0.3 is 19.0 Å². The minimum absolute atomic E-state index is 0.0375. The molecule has 0 radical (unpaired) electrons. The van der Waals surface area contributed by atoms with Crippen LogP contribution in [0.15, 0.2) is 28.7 Å². The smallest absolute Gasteiger partial charge is 0.290 e. The van der Waals surface area contributed by atoms with Gasteiger partial charge in [0, 0.05) is 37.2 Å². The van der Waals surface area contributed by atoms with E-state index in [-0.39, 0.29) is 5.91 Å². The predicted octanol–water partition coefficient (Wildman–Crippen LogP) is 2.60. The first-order valence-corrected chi connectivity index (χ1v) is 7.98. The Bertz CT molecular complexity index is 707. The fourth-order valence-electron chi connectivity index (χ4n) is 3.49. The van der Waals surface area contributed by atoms with Gasteiger partial charge in [0.25, 0.3) is 5.91 Å². The first-order valence-electron chi connectivity index (χ1n) is 7.98. The van der Waals surface area contributed by atoms with Crippen molar-refractivity contribution in [3.8, 4) is 0 Å². The van der Waals surface area contributed by atoms with Gasteiger partial charge in [0.2, 0.25) is 0 Å². The molecule has 1 aromatic carbocycles. The molecule has 1 aliphatic rings. The van der Waals surface area contributed by atoms with Crippen molar-refractivity contribution in [2.75, 3.05) is 34.3 Å². The van der Waals surface area contributed by atoms with Gasteiger partial charge in [0.15, 0.2) is 5.76 Å². The van der Waals surface area contributed by atoms with Crippen molar-refractivity contribution >= 4 is 16.9 Å². The summed E-state index contributed by atoms with van der Waals surface area (Å²) in [5.74, 6) is 0.827. The van der Waals surface area contributed by atoms with Crippen LogP contribution >= 0.6 is 0 Å². The maximum Gasteiger partial charge on any atom is 0.290 e. The lowest BCUT2D eigenvalue weighted by atomic mass is 10.1. The van der Waals surface area contributed by atoms with Crippen molar-refractivity contribution in [3.63, 3.8) is 0 Å². The highest BCUT2D eigenvalue weighted by molar-refractivity contribution is 5.99. The largest absolute Gasteiger partial charge is 0.451 e. The Morgan fingerprint density at radius 1 is 1.35 bits per heavy atom. The van der Waals surface area contributed by atoms with Gasteiger partial charge in [-0.2, -0.15) is 0 Å². The van der Waals surface area contributed by atoms with E-state index in [2.05, 4.69) is 25.9 Å². The number of furan rings is 1. The number of hydrogen-bond donors (Lipinski definition) is 0. The van der Waals surface area contributed by atoms with Crippen molar-refractivity contribution in [2.45, 2.75) is 19.6 Å². The van der Waals surface area contributed by atoms with Gasteiger partial charge in [-0.05, 0) is 26.1 Å². The quantitative estimate of drug-likeness (QED) is 0.870. The van der Waals surface area contributed by atoms with E-state index >= 15 is 0 Å². The highest BCUT2D eigenvalue weighted by Crippen LogP contribution is 2.29. The molecule has 1 aromatic heterocycles. The average molecular weight is 316 g/mol. The Kier molecular flexibility index (Phi) is 4.41. The van der Waals surface area contributed by atoms with Crippen LogP contribution in [-0.4, -0.2) is 56.0 Å². The number of hydrogen-bond acceptors (Lipinski definition) is 4. The molecule has 1 fully saturated rings. The van der Waals surface area contributed by atoms with Crippen LogP contribution < -0.4 is 0 Å². The number of nitrogens with zero attached hydrogens (tertiary/aromatic N) is 2. The molecule has 0 bridgehead atoms. The molecular weight excluding hydrogens is 292 g/mol. The van der Waals surface area contributed by atoms with Gasteiger partial charge in [-0.1, -0.05) is 25.1 Å². The van der Waals surface area contributed by atoms with E-state index in [0.29, 0.717) is 24.3 Å². The summed E-state index contributed by atoms with van der Waals surface area (Å²) in [6.45, 7) is 4.05. The maximum absolute atomic E-state index is 13.0. The van der Waals surface area contributed by atoms with E-state index in [9.17, 15) is 4.79 Å². The van der Waals surface area contributed by atoms with E-state index in [4.69, 9.17) is 9.15 Å². The summed E-state index contributed by atoms with van der Waals surface area (Å²) >= 11 is 0. The summed E-state index contributed by atoms with van der Waals surface area (Å²) in [5.41, 5.74) is 1.58. The van der Waals surface area contributed by atoms with Crippen LogP contribution in [0.4, 0.5) is 0 Å². The molecule has 1 aliphatic heterocycles. The van der Waals surface area contributed by atoms with Crippen LogP contribution in [-0.2, 0) is 11.3 Å². The predicted molar refractivity (Wildman–Crippen MR) is 89.5 cm³/mol. The third-order valence-corrected chi connectivity index (χ3v) is 4.70. The third-order valence-electron chi connectivity index (χ3n) is 4.70. The summed E-state index contributed by atoms with van der Waals surface area (Å²) in [6, 6.07) is 8.11. The van der Waals surface area contributed by atoms with E-state index in [1.54, 1.807) is 7.11 Å². The van der Waals surface area contributed by atoms with E-state index < -0.39 is 0 Å². The monoisotopic (exact) mass is 316 g/mol. The highest BCUT2D eigenvalue weighted by atomic mass is 16.5. The molecule has 0 saturated carbocycles. The van der Waals surface area contributed by atoms with Gasteiger partial charge in [0.1, 0.15) is 5.58 Å². The number of rotatable bonds is 4. The number of ether oxygens (including phenoxy) is 1. The minimum Gasteiger partial charge on any atom is -0.451 e. The first-order chi connectivity index (χ1) is 11.0. The zero-order valence-electron chi connectivity index (χ0n) is 14.2. The Labute approximate surface area is 136 Å². The molecule has 23 heavy (non-hydrogen) atoms. The topological polar surface area (TPSA) is 45.9 Å². The Hall–Kier alpha value is -1.85. The number of carbonyl (C=O) groups is 1. The number of carbonyl (C=O) groups excluding carboxylic acids is 1. The summed E-state index contributed by atoms with van der Waals surface area (Å²) in [7, 11) is 5.76. The lowest BCUT2D eigenvalue weighted by Crippen LogP contribution is -2.35. The van der Waals surface area contributed by atoms with Crippen LogP contribution in [0.3, 0.4) is 0 Å². The number of benzene rings is 1. The number of methoxy groups -OCH3 is 1. The molecule has 2 heterocycles. The molecule has 0 N–H and O–H groups in total. The third kappa shape index (κ3) is 2.86. The zero-order valence-corrected chi connectivity index (χ0v) is 14.2. The van der Waals surface area contributed by atoms with Crippen molar-refractivity contribution in [1.29, 1.82) is 0 Å². The molecule has 3 rings (SSSR count). The van der Waals surface area contributed by atoms with Crippen molar-refractivity contribution < 1.29 is 13.9 Å². The Morgan fingerprint density at radius 3 is 2.74 bits per heavy atom. The lowest BCUT2D eigenvalue weighted by Gasteiger charge is -2.22. The lowest BCUT2D eigenvalue weighted by molar-refractivity contribution is 0.0745. The second-order valence-corrected chi connectivity index (χ2v) is 6.56. The van der Waals surface area contributed by atoms with Crippen LogP contribution in [0, 0.1) is 5.92 Å². The van der Waals surface area contributed by atoms with Crippen LogP contribution in [0.2, 0.25) is 0 Å². The maximum atomic E-state index is 13.0. The number of fused-ring (bicyclic) bond motifs is 1. The number of likely N-dealkylation sites (tertiary alicyclic amines) is 1. The summed E-state index contributed by atoms with van der Waals surface area (Å²) < 4.78 is 11.2. The fraction of sp³-hybridized carbons (Fsp3) is 0.500. The molecule has 5 nitrogen and oxygen atoms in total. The van der Waals surface area contributed by atoms with Gasteiger partial charge in [-0.3, -0.25) is 4.79 Å². The first kappa shape index (κ1) is 16.0. The molecular formula is C18H24N2O3. The Morgan fingerprint density at radius 2 is 2.09 bits per heavy atom. The van der Waals surface area contributed by atoms with E-state index in [0.717, 1.165) is 29.6 Å². The van der Waals surface area contributed by atoms with Crippen molar-refractivity contribution in [1.82, 2.24) is 9.80 Å². The minimum atomic E-state index is -0.0375. The van der Waals surface area contributed by atoms with Gasteiger partial charge in [0.05, 0.1) is 6.61 Å². The molecule has 5 heteroatoms. The van der Waals surface area contributed by atoms with Crippen molar-refractivity contribution in [2.24, 2.45) is 5.92 Å². The van der Waals surface area contributed by atoms with Crippen molar-refractivity contribution in [3.05, 3.63) is 35.6 Å². The molecule has 1 amide bonds. The normalized spacial score (nSPS) is 21.5. The van der Waals surface area contributed by atoms with Gasteiger partial charge in [-0.25, -0.2) is 0 Å². The highest BCUT2D eigenvalue weighted by Gasteiger charge is 2.36. The van der Waals surface area contributed by atoms with E-state index in [1.165, 1.54) is 0 Å². The fourth-order valence-corrected chi connectivity index (χ4v) is 3.49. The molecule has 2 atom stereocenters. The second-order valence-electron chi connectivity index (χ2n) is 6.56. The number of para-hydroxylation sites is 1. The summed E-state index contributed by atoms with van der Waals surface area (Å²) in [5, 5.41) is 0.953. The second kappa shape index (κ2) is 6.34.